The molecule has 278 valence electrons. The highest BCUT2D eigenvalue weighted by Gasteiger charge is 2.54. The first kappa shape index (κ1) is 38.6. The maximum Gasteiger partial charge on any atom is 0.352 e. The quantitative estimate of drug-likeness (QED) is 0.0391. The molecule has 3 aromatic rings. The molecule has 53 heavy (non-hydrogen) atoms. The fourth-order valence-corrected chi connectivity index (χ4v) is 8.45. The first-order chi connectivity index (χ1) is 25.2. The van der Waals surface area contributed by atoms with Gasteiger partial charge in [0.1, 0.15) is 27.8 Å². The van der Waals surface area contributed by atoms with Crippen LogP contribution in [0.1, 0.15) is 34.9 Å². The van der Waals surface area contributed by atoms with Gasteiger partial charge in [-0.15, -0.1) is 33.3 Å². The van der Waals surface area contributed by atoms with Crippen molar-refractivity contribution in [1.82, 2.24) is 36.2 Å². The molecule has 0 radical (unpaired) electrons. The number of carbonyl (C=O) groups excluding carboxylic acids is 6. The molecule has 24 heteroatoms. The lowest BCUT2D eigenvalue weighted by molar-refractivity contribution is -0.150. The van der Waals surface area contributed by atoms with E-state index in [-0.39, 0.29) is 45.1 Å². The summed E-state index contributed by atoms with van der Waals surface area (Å²) in [6.45, 7) is 3.24. The van der Waals surface area contributed by atoms with Gasteiger partial charge in [0.05, 0.1) is 0 Å². The van der Waals surface area contributed by atoms with Crippen LogP contribution in [0, 0.1) is 6.92 Å². The highest BCUT2D eigenvalue weighted by Crippen LogP contribution is 2.42. The Morgan fingerprint density at radius 2 is 1.83 bits per heavy atom. The number of nitrogen functional groups attached to an aromatic ring is 1. The van der Waals surface area contributed by atoms with Gasteiger partial charge in [-0.05, 0) is 30.7 Å². The van der Waals surface area contributed by atoms with Gasteiger partial charge in [-0.2, -0.15) is 0 Å². The molecule has 5 rings (SSSR count). The molecule has 2 aliphatic rings. The van der Waals surface area contributed by atoms with E-state index >= 15 is 0 Å². The van der Waals surface area contributed by atoms with Crippen molar-refractivity contribution in [2.24, 2.45) is 5.16 Å². The molecule has 4 amide bonds. The zero-order valence-electron chi connectivity index (χ0n) is 27.6. The summed E-state index contributed by atoms with van der Waals surface area (Å²) in [5.41, 5.74) is 9.74. The minimum absolute atomic E-state index is 0.0308. The molecule has 1 unspecified atom stereocenters. The van der Waals surface area contributed by atoms with Crippen LogP contribution in [0.25, 0.3) is 0 Å². The van der Waals surface area contributed by atoms with Gasteiger partial charge in [-0.3, -0.25) is 44.5 Å². The molecule has 6 N–H and O–H groups in total. The number of thioether (sulfide) groups is 2. The van der Waals surface area contributed by atoms with Crippen LogP contribution in [0.15, 0.2) is 44.3 Å². The Bertz CT molecular complexity index is 2070. The summed E-state index contributed by atoms with van der Waals surface area (Å²) in [5.74, 6) is -5.83. The zero-order chi connectivity index (χ0) is 38.4. The normalized spacial score (nSPS) is 16.5. The van der Waals surface area contributed by atoms with Crippen molar-refractivity contribution in [2.75, 3.05) is 23.8 Å². The molecular weight excluding hydrogens is 779 g/mol. The summed E-state index contributed by atoms with van der Waals surface area (Å²) in [4.78, 5) is 96.9. The summed E-state index contributed by atoms with van der Waals surface area (Å²) < 4.78 is 10.6. The van der Waals surface area contributed by atoms with Gasteiger partial charge in [0.25, 0.3) is 23.6 Å². The third-order valence-electron chi connectivity index (χ3n) is 6.77. The third-order valence-corrected chi connectivity index (χ3v) is 10.8. The largest absolute Gasteiger partial charge is 0.477 e. The van der Waals surface area contributed by atoms with Crippen molar-refractivity contribution in [3.8, 4) is 11.5 Å². The number of esters is 2. The number of benzene rings is 1. The molecule has 1 fully saturated rings. The Hall–Kier alpha value is -5.59. The topological polar surface area (TPSA) is 284 Å². The lowest BCUT2D eigenvalue weighted by Crippen LogP contribution is -2.71. The van der Waals surface area contributed by atoms with Gasteiger partial charge in [0, 0.05) is 36.3 Å². The number of aryl methyl sites for hydroxylation is 1. The number of aliphatic carboxylic acids is 1. The average molecular weight is 806 g/mol. The van der Waals surface area contributed by atoms with Gasteiger partial charge in [-0.1, -0.05) is 28.3 Å². The van der Waals surface area contributed by atoms with Crippen molar-refractivity contribution < 1.29 is 53.0 Å². The molecule has 0 spiro atoms. The predicted molar refractivity (Wildman–Crippen MR) is 189 cm³/mol. The number of anilines is 1. The van der Waals surface area contributed by atoms with E-state index in [0.29, 0.717) is 9.91 Å². The SMILES string of the molecule is CC(=O)Oc1ccc(C(=O)NNC(=O)CON=C(C(=O)NC2C(=O)N3C(C(=O)O)=C(CSc4nnc(C)s4)CS[C@H]23)c2csc(N)n2)cc1OC(C)=O. The Labute approximate surface area is 314 Å². The summed E-state index contributed by atoms with van der Waals surface area (Å²) in [5, 5.41) is 25.7. The van der Waals surface area contributed by atoms with E-state index in [9.17, 15) is 38.7 Å². The molecule has 1 aromatic carbocycles. The number of oxime groups is 1. The van der Waals surface area contributed by atoms with E-state index < -0.39 is 65.3 Å². The Balaban J connectivity index is 1.20. The van der Waals surface area contributed by atoms with Crippen LogP contribution >= 0.6 is 46.2 Å². The van der Waals surface area contributed by atoms with Gasteiger partial charge in [-0.25, -0.2) is 9.78 Å². The van der Waals surface area contributed by atoms with Gasteiger partial charge >= 0.3 is 17.9 Å². The molecule has 20 nitrogen and oxygen atoms in total. The van der Waals surface area contributed by atoms with Crippen LogP contribution in [0.5, 0.6) is 11.5 Å². The molecule has 2 aliphatic heterocycles. The summed E-state index contributed by atoms with van der Waals surface area (Å²) in [6.07, 6.45) is 0. The number of nitrogens with zero attached hydrogens (tertiary/aromatic N) is 5. The van der Waals surface area contributed by atoms with Crippen LogP contribution in [0.3, 0.4) is 0 Å². The second kappa shape index (κ2) is 16.8. The number of fused-ring (bicyclic) bond motifs is 1. The smallest absolute Gasteiger partial charge is 0.352 e. The molecule has 2 aromatic heterocycles. The highest BCUT2D eigenvalue weighted by molar-refractivity contribution is 8.01. The summed E-state index contributed by atoms with van der Waals surface area (Å²) >= 11 is 4.93. The number of carboxylic acids is 1. The maximum atomic E-state index is 13.4. The van der Waals surface area contributed by atoms with E-state index in [0.717, 1.165) is 41.2 Å². The minimum atomic E-state index is -1.29. The number of carboxylic acid groups (broad SMARTS) is 1. The molecule has 1 saturated heterocycles. The maximum absolute atomic E-state index is 13.4. The number of rotatable bonds is 13. The number of nitrogens with one attached hydrogen (secondary N) is 3. The number of thiazole rings is 1. The monoisotopic (exact) mass is 805 g/mol. The number of carbonyl (C=O) groups is 7. The molecule has 0 bridgehead atoms. The van der Waals surface area contributed by atoms with Crippen LogP contribution in [-0.4, -0.2) is 102 Å². The van der Waals surface area contributed by atoms with E-state index in [1.807, 2.05) is 0 Å². The van der Waals surface area contributed by atoms with Crippen LogP contribution in [0.4, 0.5) is 5.13 Å². The molecule has 4 heterocycles. The average Bonchev–Trinajstić information content (AvgIpc) is 3.73. The van der Waals surface area contributed by atoms with Gasteiger partial charge < -0.3 is 30.5 Å². The number of hydrazine groups is 1. The van der Waals surface area contributed by atoms with Crippen LogP contribution in [-0.2, 0) is 33.6 Å². The number of ether oxygens (including phenoxy) is 2. The Kier molecular flexibility index (Phi) is 12.3. The fourth-order valence-electron chi connectivity index (χ4n) is 4.60. The minimum Gasteiger partial charge on any atom is -0.477 e. The van der Waals surface area contributed by atoms with Gasteiger partial charge in [0.2, 0.25) is 0 Å². The van der Waals surface area contributed by atoms with Crippen molar-refractivity contribution in [3.63, 3.8) is 0 Å². The second-order valence-electron chi connectivity index (χ2n) is 10.6. The second-order valence-corrected chi connectivity index (χ2v) is 15.0. The van der Waals surface area contributed by atoms with E-state index in [1.165, 1.54) is 52.4 Å². The first-order valence-corrected chi connectivity index (χ1v) is 18.6. The Morgan fingerprint density at radius 3 is 2.47 bits per heavy atom. The highest BCUT2D eigenvalue weighted by atomic mass is 32.2. The molecule has 0 aliphatic carbocycles. The molecule has 0 saturated carbocycles. The van der Waals surface area contributed by atoms with E-state index in [2.05, 4.69) is 36.5 Å². The number of hydrogen-bond donors (Lipinski definition) is 5. The fraction of sp³-hybridized carbons (Fsp3) is 0.276. The van der Waals surface area contributed by atoms with Crippen molar-refractivity contribution in [1.29, 1.82) is 0 Å². The summed E-state index contributed by atoms with van der Waals surface area (Å²) in [7, 11) is 0. The number of nitrogens with two attached hydrogens (primary N) is 1. The molecular formula is C29H27N9O11S4. The van der Waals surface area contributed by atoms with Gasteiger partial charge in [0.15, 0.2) is 33.3 Å². The third kappa shape index (κ3) is 9.45. The molecule has 2 atom stereocenters. The Morgan fingerprint density at radius 1 is 1.09 bits per heavy atom. The predicted octanol–water partition coefficient (Wildman–Crippen LogP) is 0.449. The number of amides is 4. The van der Waals surface area contributed by atoms with E-state index in [4.69, 9.17) is 20.0 Å². The van der Waals surface area contributed by atoms with Crippen LogP contribution in [0.2, 0.25) is 0 Å². The van der Waals surface area contributed by atoms with Crippen molar-refractivity contribution in [2.45, 2.75) is 36.5 Å². The standard InChI is InChI=1S/C29H27N9O11S4/c1-11-33-36-29(53-11)52-9-15-8-50-26-21(25(44)38(26)22(15)27(45)46)32-24(43)20(16-10-51-28(30)31-16)37-47-7-19(41)34-35-23(42)14-4-5-17(48-12(2)39)18(6-14)49-13(3)40/h4-6,10,21,26H,7-9H2,1-3H3,(H2,30,31)(H,32,43)(H,34,41)(H,35,42)(H,45,46)/t21?,26-/m1/s1. The number of hydrogen-bond acceptors (Lipinski definition) is 19. The number of aromatic nitrogens is 3. The first-order valence-electron chi connectivity index (χ1n) is 14.9. The van der Waals surface area contributed by atoms with Crippen molar-refractivity contribution >= 4 is 98.6 Å². The number of β-lactam (4-membered cyclic amide) rings is 1. The van der Waals surface area contributed by atoms with Crippen LogP contribution < -0.4 is 31.4 Å². The lowest BCUT2D eigenvalue weighted by atomic mass is 10.0. The lowest BCUT2D eigenvalue weighted by Gasteiger charge is -2.49. The zero-order valence-corrected chi connectivity index (χ0v) is 30.8. The van der Waals surface area contributed by atoms with E-state index in [1.54, 1.807) is 6.92 Å². The van der Waals surface area contributed by atoms with Crippen molar-refractivity contribution in [3.05, 3.63) is 51.1 Å². The summed E-state index contributed by atoms with van der Waals surface area (Å²) in [6, 6.07) is 2.46.